The molecule has 0 spiro atoms. The number of hydrogen-bond acceptors (Lipinski definition) is 1. The number of nitrogens with one attached hydrogen (secondary N) is 1. The third-order valence-electron chi connectivity index (χ3n) is 1.52. The predicted molar refractivity (Wildman–Crippen MR) is 51.1 cm³/mol. The SMILES string of the molecule is CC=C=[C-]/C(C)=C1/C=CC=CN1.[Y]. The molecule has 0 fully saturated rings. The summed E-state index contributed by atoms with van der Waals surface area (Å²) in [6.07, 6.45) is 12.7. The minimum atomic E-state index is 0. The Morgan fingerprint density at radius 2 is 2.31 bits per heavy atom. The molecule has 1 rings (SSSR count). The zero-order chi connectivity index (χ0) is 8.81. The monoisotopic (exact) mass is 247 g/mol. The van der Waals surface area contributed by atoms with Gasteiger partial charge >= 0.3 is 0 Å². The van der Waals surface area contributed by atoms with Crippen LogP contribution in [0.3, 0.4) is 0 Å². The van der Waals surface area contributed by atoms with E-state index in [0.717, 1.165) is 11.3 Å². The van der Waals surface area contributed by atoms with Crippen LogP contribution in [0.4, 0.5) is 0 Å². The second kappa shape index (κ2) is 7.09. The largest absolute Gasteiger partial charge is 0.413 e. The van der Waals surface area contributed by atoms with E-state index < -0.39 is 0 Å². The van der Waals surface area contributed by atoms with E-state index in [9.17, 15) is 0 Å². The van der Waals surface area contributed by atoms with Crippen molar-refractivity contribution in [3.05, 3.63) is 53.6 Å². The maximum atomic E-state index is 3.12. The molecule has 1 heterocycles. The fraction of sp³-hybridized carbons (Fsp3) is 0.182. The molecule has 0 atom stereocenters. The van der Waals surface area contributed by atoms with Crippen molar-refractivity contribution >= 4 is 0 Å². The van der Waals surface area contributed by atoms with Crippen LogP contribution in [0.25, 0.3) is 0 Å². The van der Waals surface area contributed by atoms with E-state index in [1.54, 1.807) is 0 Å². The first-order chi connectivity index (χ1) is 5.84. The fourth-order valence-electron chi connectivity index (χ4n) is 0.874. The Morgan fingerprint density at radius 1 is 1.54 bits per heavy atom. The van der Waals surface area contributed by atoms with Gasteiger partial charge in [-0.15, -0.1) is 17.7 Å². The van der Waals surface area contributed by atoms with Crippen molar-refractivity contribution in [1.29, 1.82) is 0 Å². The molecular weight excluding hydrogens is 235 g/mol. The van der Waals surface area contributed by atoms with Crippen LogP contribution < -0.4 is 5.32 Å². The van der Waals surface area contributed by atoms with Gasteiger partial charge in [-0.25, -0.2) is 0 Å². The van der Waals surface area contributed by atoms with Crippen molar-refractivity contribution in [3.63, 3.8) is 0 Å². The van der Waals surface area contributed by atoms with Gasteiger partial charge in [0.05, 0.1) is 0 Å². The second-order valence-electron chi connectivity index (χ2n) is 2.46. The third kappa shape index (κ3) is 4.43. The molecule has 0 saturated heterocycles. The molecule has 0 aromatic rings. The normalized spacial score (nSPS) is 16.5. The summed E-state index contributed by atoms with van der Waals surface area (Å²) < 4.78 is 0. The van der Waals surface area contributed by atoms with Crippen LogP contribution in [0.15, 0.2) is 47.5 Å². The number of hydrogen-bond donors (Lipinski definition) is 1. The summed E-state index contributed by atoms with van der Waals surface area (Å²) in [6.45, 7) is 3.93. The molecule has 1 aliphatic rings. The third-order valence-corrected chi connectivity index (χ3v) is 1.52. The van der Waals surface area contributed by atoms with E-state index in [0.29, 0.717) is 0 Å². The Hall–Kier alpha value is -0.356. The van der Waals surface area contributed by atoms with Crippen LogP contribution in [0.1, 0.15) is 13.8 Å². The minimum Gasteiger partial charge on any atom is -0.413 e. The predicted octanol–water partition coefficient (Wildman–Crippen LogP) is 2.47. The average Bonchev–Trinajstić information content (AvgIpc) is 2.15. The Bertz CT molecular complexity index is 302. The van der Waals surface area contributed by atoms with Crippen molar-refractivity contribution in [2.24, 2.45) is 0 Å². The first-order valence-corrected chi connectivity index (χ1v) is 3.94. The van der Waals surface area contributed by atoms with Crippen molar-refractivity contribution in [1.82, 2.24) is 5.32 Å². The maximum absolute atomic E-state index is 3.12. The Morgan fingerprint density at radius 3 is 2.85 bits per heavy atom. The van der Waals surface area contributed by atoms with Gasteiger partial charge in [0, 0.05) is 32.7 Å². The van der Waals surface area contributed by atoms with Crippen LogP contribution in [0.2, 0.25) is 0 Å². The summed E-state index contributed by atoms with van der Waals surface area (Å²) in [4.78, 5) is 0. The molecule has 0 aromatic carbocycles. The molecule has 1 aliphatic heterocycles. The van der Waals surface area contributed by atoms with Crippen molar-refractivity contribution in [2.75, 3.05) is 0 Å². The number of dihydropyridines is 1. The van der Waals surface area contributed by atoms with Crippen molar-refractivity contribution in [3.8, 4) is 0 Å². The summed E-state index contributed by atoms with van der Waals surface area (Å²) in [7, 11) is 0. The second-order valence-corrected chi connectivity index (χ2v) is 2.46. The molecule has 65 valence electrons. The molecule has 0 bridgehead atoms. The van der Waals surface area contributed by atoms with Gasteiger partial charge < -0.3 is 5.32 Å². The van der Waals surface area contributed by atoms with Crippen LogP contribution in [0.5, 0.6) is 0 Å². The van der Waals surface area contributed by atoms with Crippen molar-refractivity contribution < 1.29 is 32.7 Å². The Balaban J connectivity index is 0.00000144. The Kier molecular flexibility index (Phi) is 6.89. The van der Waals surface area contributed by atoms with Gasteiger partial charge in [0.15, 0.2) is 0 Å². The van der Waals surface area contributed by atoms with Crippen LogP contribution in [0, 0.1) is 6.08 Å². The van der Waals surface area contributed by atoms with Crippen LogP contribution >= 0.6 is 0 Å². The quantitative estimate of drug-likeness (QED) is 0.554. The molecule has 13 heavy (non-hydrogen) atoms. The van der Waals surface area contributed by atoms with Gasteiger partial charge in [-0.1, -0.05) is 31.7 Å². The summed E-state index contributed by atoms with van der Waals surface area (Å²) in [5, 5.41) is 3.12. The van der Waals surface area contributed by atoms with Gasteiger partial charge in [-0.3, -0.25) is 5.73 Å². The summed E-state index contributed by atoms with van der Waals surface area (Å²) in [5.74, 6) is 0. The zero-order valence-electron chi connectivity index (χ0n) is 7.96. The number of allylic oxidation sites excluding steroid dienone is 5. The molecule has 0 unspecified atom stereocenters. The Labute approximate surface area is 105 Å². The topological polar surface area (TPSA) is 12.0 Å². The molecule has 2 heteroatoms. The van der Waals surface area contributed by atoms with Gasteiger partial charge in [0.2, 0.25) is 0 Å². The molecular formula is C11H12NY-. The van der Waals surface area contributed by atoms with Crippen molar-refractivity contribution in [2.45, 2.75) is 13.8 Å². The zero-order valence-corrected chi connectivity index (χ0v) is 10.8. The number of rotatable bonds is 1. The van der Waals surface area contributed by atoms with Gasteiger partial charge in [0.25, 0.3) is 0 Å². The first kappa shape index (κ1) is 12.6. The molecule has 1 N–H and O–H groups in total. The average molecular weight is 247 g/mol. The standard InChI is InChI=1S/C11H12N.Y/c1-3-4-7-10(2)11-8-5-6-9-12-11;/h3,5-6,8-9,12H,1-2H3;/q-1;/b11-10-;. The summed E-state index contributed by atoms with van der Waals surface area (Å²) in [5.41, 5.74) is 5.05. The van der Waals surface area contributed by atoms with Gasteiger partial charge in [0.1, 0.15) is 0 Å². The van der Waals surface area contributed by atoms with Crippen LogP contribution in [-0.4, -0.2) is 0 Å². The minimum absolute atomic E-state index is 0. The fourth-order valence-corrected chi connectivity index (χ4v) is 0.874. The molecule has 1 radical (unpaired) electrons. The van der Waals surface area contributed by atoms with E-state index in [2.05, 4.69) is 17.1 Å². The molecule has 1 nitrogen and oxygen atoms in total. The summed E-state index contributed by atoms with van der Waals surface area (Å²) in [6, 6.07) is 0. The first-order valence-electron chi connectivity index (χ1n) is 3.94. The van der Waals surface area contributed by atoms with Crippen LogP contribution in [-0.2, 0) is 32.7 Å². The molecule has 0 aliphatic carbocycles. The molecule has 0 amide bonds. The molecule has 0 aromatic heterocycles. The summed E-state index contributed by atoms with van der Waals surface area (Å²) >= 11 is 0. The van der Waals surface area contributed by atoms with E-state index >= 15 is 0 Å². The van der Waals surface area contributed by atoms with Gasteiger partial charge in [-0.2, -0.15) is 0 Å². The van der Waals surface area contributed by atoms with E-state index in [1.807, 2.05) is 44.4 Å². The van der Waals surface area contributed by atoms with E-state index in [1.165, 1.54) is 0 Å². The van der Waals surface area contributed by atoms with Gasteiger partial charge in [-0.05, 0) is 12.3 Å². The maximum Gasteiger partial charge on any atom is 0 e. The smallest absolute Gasteiger partial charge is 0 e. The molecule has 0 saturated carbocycles. The van der Waals surface area contributed by atoms with E-state index in [-0.39, 0.29) is 32.7 Å². The van der Waals surface area contributed by atoms with E-state index in [4.69, 9.17) is 0 Å².